The van der Waals surface area contributed by atoms with Crippen LogP contribution in [0, 0.1) is 5.92 Å². The van der Waals surface area contributed by atoms with Gasteiger partial charge in [-0.05, 0) is 37.0 Å². The first-order chi connectivity index (χ1) is 12.7. The van der Waals surface area contributed by atoms with Gasteiger partial charge in [0.1, 0.15) is 0 Å². The largest absolute Gasteiger partial charge is 0.493 e. The summed E-state index contributed by atoms with van der Waals surface area (Å²) in [6, 6.07) is 4.50. The van der Waals surface area contributed by atoms with Gasteiger partial charge in [-0.2, -0.15) is 13.2 Å². The van der Waals surface area contributed by atoms with Gasteiger partial charge in [0.2, 0.25) is 5.91 Å². The van der Waals surface area contributed by atoms with Gasteiger partial charge < -0.3 is 19.5 Å². The van der Waals surface area contributed by atoms with E-state index in [0.29, 0.717) is 31.4 Å². The SMILES string of the molecule is COc1cc(CCC(=O)N2CCC[C@H](C(=O)O)C2)ccc1OCC(F)(F)F. The standard InChI is InChI=1S/C18H22F3NO5/c1-26-15-9-12(4-6-14(15)27-11-18(19,20)21)5-7-16(23)22-8-2-3-13(10-22)17(24)25/h4,6,9,13H,2-3,5,7-8,10-11H2,1H3,(H,24,25)/t13-/m0/s1. The van der Waals surface area contributed by atoms with Gasteiger partial charge in [0.05, 0.1) is 13.0 Å². The minimum absolute atomic E-state index is 0.0229. The van der Waals surface area contributed by atoms with Crippen LogP contribution in [0.5, 0.6) is 11.5 Å². The van der Waals surface area contributed by atoms with E-state index in [9.17, 15) is 22.8 Å². The number of aliphatic carboxylic acids is 1. The molecular weight excluding hydrogens is 367 g/mol. The number of benzene rings is 1. The van der Waals surface area contributed by atoms with E-state index >= 15 is 0 Å². The maximum absolute atomic E-state index is 12.3. The molecule has 1 fully saturated rings. The Morgan fingerprint density at radius 3 is 2.67 bits per heavy atom. The van der Waals surface area contributed by atoms with Gasteiger partial charge in [-0.25, -0.2) is 0 Å². The van der Waals surface area contributed by atoms with Crippen LogP contribution in [0.2, 0.25) is 0 Å². The Morgan fingerprint density at radius 1 is 1.30 bits per heavy atom. The monoisotopic (exact) mass is 389 g/mol. The molecule has 0 saturated carbocycles. The van der Waals surface area contributed by atoms with Gasteiger partial charge in [0.25, 0.3) is 0 Å². The number of piperidine rings is 1. The number of carboxylic acid groups (broad SMARTS) is 1. The summed E-state index contributed by atoms with van der Waals surface area (Å²) in [6.07, 6.45) is -2.68. The molecule has 1 atom stereocenters. The predicted molar refractivity (Wildman–Crippen MR) is 89.8 cm³/mol. The number of carbonyl (C=O) groups excluding carboxylic acids is 1. The Bertz CT molecular complexity index is 677. The molecule has 1 saturated heterocycles. The Labute approximate surface area is 154 Å². The summed E-state index contributed by atoms with van der Waals surface area (Å²) in [5.41, 5.74) is 0.714. The number of aryl methyl sites for hydroxylation is 1. The lowest BCUT2D eigenvalue weighted by Gasteiger charge is -2.30. The maximum Gasteiger partial charge on any atom is 0.422 e. The molecule has 0 aliphatic carbocycles. The van der Waals surface area contributed by atoms with Crippen molar-refractivity contribution in [2.75, 3.05) is 26.8 Å². The second-order valence-electron chi connectivity index (χ2n) is 6.41. The van der Waals surface area contributed by atoms with Gasteiger partial charge in [-0.1, -0.05) is 6.07 Å². The molecular formula is C18H22F3NO5. The third-order valence-corrected chi connectivity index (χ3v) is 4.37. The molecule has 1 aliphatic heterocycles. The highest BCUT2D eigenvalue weighted by Crippen LogP contribution is 2.30. The third-order valence-electron chi connectivity index (χ3n) is 4.37. The summed E-state index contributed by atoms with van der Waals surface area (Å²) >= 11 is 0. The van der Waals surface area contributed by atoms with E-state index in [1.54, 1.807) is 11.0 Å². The fourth-order valence-corrected chi connectivity index (χ4v) is 2.96. The summed E-state index contributed by atoms with van der Waals surface area (Å²) in [7, 11) is 1.32. The fourth-order valence-electron chi connectivity index (χ4n) is 2.96. The zero-order valence-corrected chi connectivity index (χ0v) is 14.9. The van der Waals surface area contributed by atoms with Crippen molar-refractivity contribution in [2.24, 2.45) is 5.92 Å². The molecule has 1 heterocycles. The number of likely N-dealkylation sites (tertiary alicyclic amines) is 1. The summed E-state index contributed by atoms with van der Waals surface area (Å²) in [5, 5.41) is 9.09. The molecule has 9 heteroatoms. The number of hydrogen-bond acceptors (Lipinski definition) is 4. The number of hydrogen-bond donors (Lipinski definition) is 1. The van der Waals surface area contributed by atoms with Crippen LogP contribution >= 0.6 is 0 Å². The summed E-state index contributed by atoms with van der Waals surface area (Å²) in [4.78, 5) is 25.0. The lowest BCUT2D eigenvalue weighted by Crippen LogP contribution is -2.42. The van der Waals surface area contributed by atoms with Crippen molar-refractivity contribution in [1.82, 2.24) is 4.90 Å². The van der Waals surface area contributed by atoms with E-state index in [1.165, 1.54) is 19.2 Å². The highest BCUT2D eigenvalue weighted by Gasteiger charge is 2.29. The second kappa shape index (κ2) is 8.96. The normalized spacial score (nSPS) is 17.5. The molecule has 0 radical (unpaired) electrons. The van der Waals surface area contributed by atoms with Crippen molar-refractivity contribution < 1.29 is 37.3 Å². The quantitative estimate of drug-likeness (QED) is 0.776. The lowest BCUT2D eigenvalue weighted by atomic mass is 9.97. The minimum atomic E-state index is -4.45. The van der Waals surface area contributed by atoms with E-state index in [1.807, 2.05) is 0 Å². The van der Waals surface area contributed by atoms with E-state index in [0.717, 1.165) is 0 Å². The number of amides is 1. The Balaban J connectivity index is 1.93. The number of carbonyl (C=O) groups is 2. The molecule has 1 N–H and O–H groups in total. The molecule has 27 heavy (non-hydrogen) atoms. The zero-order chi connectivity index (χ0) is 20.0. The summed E-state index contributed by atoms with van der Waals surface area (Å²) < 4.78 is 46.6. The van der Waals surface area contributed by atoms with Crippen LogP contribution < -0.4 is 9.47 Å². The minimum Gasteiger partial charge on any atom is -0.493 e. The van der Waals surface area contributed by atoms with E-state index < -0.39 is 24.7 Å². The van der Waals surface area contributed by atoms with E-state index in [2.05, 4.69) is 0 Å². The molecule has 1 amide bonds. The van der Waals surface area contributed by atoms with Crippen LogP contribution in [0.1, 0.15) is 24.8 Å². The molecule has 0 spiro atoms. The van der Waals surface area contributed by atoms with Crippen molar-refractivity contribution in [1.29, 1.82) is 0 Å². The predicted octanol–water partition coefficient (Wildman–Crippen LogP) is 2.89. The van der Waals surface area contributed by atoms with Crippen LogP contribution in [0.3, 0.4) is 0 Å². The summed E-state index contributed by atoms with van der Waals surface area (Å²) in [5.74, 6) is -1.43. The second-order valence-corrected chi connectivity index (χ2v) is 6.41. The number of rotatable bonds is 7. The van der Waals surface area contributed by atoms with Gasteiger partial charge in [0.15, 0.2) is 18.1 Å². The fraction of sp³-hybridized carbons (Fsp3) is 0.556. The first-order valence-corrected chi connectivity index (χ1v) is 8.56. The van der Waals surface area contributed by atoms with Crippen molar-refractivity contribution >= 4 is 11.9 Å². The molecule has 0 aromatic heterocycles. The average molecular weight is 389 g/mol. The maximum atomic E-state index is 12.3. The molecule has 150 valence electrons. The van der Waals surface area contributed by atoms with Crippen LogP contribution in [-0.2, 0) is 16.0 Å². The number of methoxy groups -OCH3 is 1. The van der Waals surface area contributed by atoms with E-state index in [4.69, 9.17) is 14.6 Å². The lowest BCUT2D eigenvalue weighted by molar-refractivity contribution is -0.153. The average Bonchev–Trinajstić information content (AvgIpc) is 2.64. The van der Waals surface area contributed by atoms with Crippen LogP contribution in [0.25, 0.3) is 0 Å². The Hall–Kier alpha value is -2.45. The third kappa shape index (κ3) is 6.33. The Kier molecular flexibility index (Phi) is 6.92. The van der Waals surface area contributed by atoms with Crippen molar-refractivity contribution in [3.63, 3.8) is 0 Å². The molecule has 0 unspecified atom stereocenters. The van der Waals surface area contributed by atoms with Gasteiger partial charge in [-0.3, -0.25) is 9.59 Å². The highest BCUT2D eigenvalue weighted by atomic mass is 19.4. The molecule has 6 nitrogen and oxygen atoms in total. The first-order valence-electron chi connectivity index (χ1n) is 8.56. The van der Waals surface area contributed by atoms with Gasteiger partial charge in [0, 0.05) is 19.5 Å². The molecule has 2 rings (SSSR count). The van der Waals surface area contributed by atoms with Crippen molar-refractivity contribution in [3.05, 3.63) is 23.8 Å². The molecule has 1 aliphatic rings. The van der Waals surface area contributed by atoms with Crippen molar-refractivity contribution in [2.45, 2.75) is 31.9 Å². The molecule has 0 bridgehead atoms. The highest BCUT2D eigenvalue weighted by molar-refractivity contribution is 5.78. The van der Waals surface area contributed by atoms with Gasteiger partial charge in [-0.15, -0.1) is 0 Å². The zero-order valence-electron chi connectivity index (χ0n) is 14.9. The first kappa shape index (κ1) is 20.9. The van der Waals surface area contributed by atoms with Crippen LogP contribution in [0.15, 0.2) is 18.2 Å². The summed E-state index contributed by atoms with van der Waals surface area (Å²) in [6.45, 7) is -0.668. The van der Waals surface area contributed by atoms with E-state index in [-0.39, 0.29) is 30.4 Å². The van der Waals surface area contributed by atoms with Crippen molar-refractivity contribution in [3.8, 4) is 11.5 Å². The number of nitrogens with zero attached hydrogens (tertiary/aromatic N) is 1. The number of halogens is 3. The topological polar surface area (TPSA) is 76.1 Å². The van der Waals surface area contributed by atoms with Gasteiger partial charge >= 0.3 is 12.1 Å². The molecule has 1 aromatic rings. The van der Waals surface area contributed by atoms with Crippen LogP contribution in [-0.4, -0.2) is 54.9 Å². The number of alkyl halides is 3. The number of ether oxygens (including phenoxy) is 2. The Morgan fingerprint density at radius 2 is 2.04 bits per heavy atom. The number of carboxylic acids is 1. The molecule has 1 aromatic carbocycles. The van der Waals surface area contributed by atoms with Crippen LogP contribution in [0.4, 0.5) is 13.2 Å². The smallest absolute Gasteiger partial charge is 0.422 e.